The van der Waals surface area contributed by atoms with Crippen molar-refractivity contribution < 1.29 is 9.59 Å². The Bertz CT molecular complexity index is 217. The summed E-state index contributed by atoms with van der Waals surface area (Å²) in [5.41, 5.74) is 5.12. The monoisotopic (exact) mass is 185 g/mol. The number of nitrogens with two attached hydrogens (primary N) is 1. The number of carbonyl (C=O) groups is 2. The van der Waals surface area contributed by atoms with Gasteiger partial charge < -0.3 is 16.0 Å². The molecule has 0 aromatic heterocycles. The van der Waals surface area contributed by atoms with E-state index in [1.807, 2.05) is 0 Å². The number of urea groups is 1. The summed E-state index contributed by atoms with van der Waals surface area (Å²) in [5.74, 6) is 0.328. The second kappa shape index (κ2) is 4.11. The van der Waals surface area contributed by atoms with Crippen molar-refractivity contribution in [2.75, 3.05) is 19.6 Å². The average Bonchev–Trinajstić information content (AvgIpc) is 2.48. The van der Waals surface area contributed by atoms with Crippen molar-refractivity contribution in [1.29, 1.82) is 0 Å². The summed E-state index contributed by atoms with van der Waals surface area (Å²) in [5, 5.41) is 2.73. The van der Waals surface area contributed by atoms with Gasteiger partial charge in [-0.05, 0) is 12.3 Å². The van der Waals surface area contributed by atoms with E-state index >= 15 is 0 Å². The van der Waals surface area contributed by atoms with Gasteiger partial charge in [-0.15, -0.1) is 0 Å². The molecule has 1 rings (SSSR count). The lowest BCUT2D eigenvalue weighted by Crippen LogP contribution is -2.35. The number of hydrogen-bond acceptors (Lipinski definition) is 2. The van der Waals surface area contributed by atoms with Crippen molar-refractivity contribution in [2.24, 2.45) is 11.7 Å². The second-order valence-corrected chi connectivity index (χ2v) is 3.38. The minimum absolute atomic E-state index is 0.0301. The predicted octanol–water partition coefficient (Wildman–Crippen LogP) is -0.477. The van der Waals surface area contributed by atoms with Crippen LogP contribution in [0.15, 0.2) is 0 Å². The number of rotatable bonds is 2. The number of nitrogens with one attached hydrogen (secondary N) is 1. The van der Waals surface area contributed by atoms with Crippen LogP contribution in [0.5, 0.6) is 0 Å². The minimum Gasteiger partial charge on any atom is -0.356 e. The third-order valence-corrected chi connectivity index (χ3v) is 2.24. The van der Waals surface area contributed by atoms with Crippen LogP contribution in [0, 0.1) is 5.92 Å². The molecule has 1 aliphatic rings. The Hall–Kier alpha value is -1.26. The molecule has 3 amide bonds. The molecule has 1 heterocycles. The molecule has 5 nitrogen and oxygen atoms in total. The molecule has 1 fully saturated rings. The van der Waals surface area contributed by atoms with Crippen LogP contribution in [0.1, 0.15) is 13.3 Å². The molecule has 0 aromatic rings. The van der Waals surface area contributed by atoms with Gasteiger partial charge in [0.25, 0.3) is 0 Å². The number of hydrogen-bond donors (Lipinski definition) is 2. The highest BCUT2D eigenvalue weighted by Crippen LogP contribution is 2.14. The number of primary amides is 1. The van der Waals surface area contributed by atoms with Crippen molar-refractivity contribution in [3.63, 3.8) is 0 Å². The van der Waals surface area contributed by atoms with E-state index in [9.17, 15) is 9.59 Å². The van der Waals surface area contributed by atoms with Crippen LogP contribution in [-0.2, 0) is 4.79 Å². The number of carbonyl (C=O) groups excluding carboxylic acids is 2. The summed E-state index contributed by atoms with van der Waals surface area (Å²) in [7, 11) is 0. The lowest BCUT2D eigenvalue weighted by atomic mass is 10.1. The fourth-order valence-electron chi connectivity index (χ4n) is 1.49. The first-order valence-corrected chi connectivity index (χ1v) is 4.38. The van der Waals surface area contributed by atoms with Crippen LogP contribution in [0.4, 0.5) is 4.79 Å². The SMILES string of the molecule is CC(=O)NCC1CCN(C(N)=O)C1. The largest absolute Gasteiger partial charge is 0.356 e. The highest BCUT2D eigenvalue weighted by Gasteiger charge is 2.24. The van der Waals surface area contributed by atoms with Crippen molar-refractivity contribution in [2.45, 2.75) is 13.3 Å². The number of nitrogens with zero attached hydrogens (tertiary/aromatic N) is 1. The van der Waals surface area contributed by atoms with Crippen molar-refractivity contribution in [3.8, 4) is 0 Å². The molecule has 0 saturated carbocycles. The molecule has 1 aliphatic heterocycles. The van der Waals surface area contributed by atoms with Gasteiger partial charge >= 0.3 is 6.03 Å². The summed E-state index contributed by atoms with van der Waals surface area (Å²) in [6.45, 7) is 3.50. The molecule has 1 unspecified atom stereocenters. The lowest BCUT2D eigenvalue weighted by Gasteiger charge is -2.13. The van der Waals surface area contributed by atoms with E-state index in [2.05, 4.69) is 5.32 Å². The van der Waals surface area contributed by atoms with E-state index in [-0.39, 0.29) is 11.9 Å². The maximum atomic E-state index is 10.7. The Morgan fingerprint density at radius 1 is 1.62 bits per heavy atom. The van der Waals surface area contributed by atoms with E-state index in [1.165, 1.54) is 6.92 Å². The van der Waals surface area contributed by atoms with E-state index in [0.717, 1.165) is 6.42 Å². The van der Waals surface area contributed by atoms with E-state index in [4.69, 9.17) is 5.73 Å². The van der Waals surface area contributed by atoms with Crippen molar-refractivity contribution in [3.05, 3.63) is 0 Å². The van der Waals surface area contributed by atoms with Gasteiger partial charge in [0.1, 0.15) is 0 Å². The van der Waals surface area contributed by atoms with Crippen molar-refractivity contribution in [1.82, 2.24) is 10.2 Å². The normalized spacial score (nSPS) is 21.6. The molecule has 3 N–H and O–H groups in total. The summed E-state index contributed by atoms with van der Waals surface area (Å²) in [6, 6.07) is -0.370. The summed E-state index contributed by atoms with van der Waals surface area (Å²) < 4.78 is 0. The van der Waals surface area contributed by atoms with Crippen LogP contribution >= 0.6 is 0 Å². The van der Waals surface area contributed by atoms with Gasteiger partial charge in [0.15, 0.2) is 0 Å². The van der Waals surface area contributed by atoms with Gasteiger partial charge in [0, 0.05) is 26.6 Å². The maximum absolute atomic E-state index is 10.7. The van der Waals surface area contributed by atoms with Gasteiger partial charge in [-0.1, -0.05) is 0 Å². The van der Waals surface area contributed by atoms with Crippen LogP contribution in [-0.4, -0.2) is 36.5 Å². The zero-order valence-corrected chi connectivity index (χ0v) is 7.75. The van der Waals surface area contributed by atoms with Crippen LogP contribution < -0.4 is 11.1 Å². The Morgan fingerprint density at radius 2 is 2.31 bits per heavy atom. The van der Waals surface area contributed by atoms with Gasteiger partial charge in [0.2, 0.25) is 5.91 Å². The first-order chi connectivity index (χ1) is 6.09. The minimum atomic E-state index is -0.370. The summed E-state index contributed by atoms with van der Waals surface area (Å²) in [4.78, 5) is 22.9. The smallest absolute Gasteiger partial charge is 0.314 e. The molecule has 1 atom stereocenters. The maximum Gasteiger partial charge on any atom is 0.314 e. The fraction of sp³-hybridized carbons (Fsp3) is 0.750. The molecule has 1 saturated heterocycles. The Morgan fingerprint density at radius 3 is 2.77 bits per heavy atom. The third kappa shape index (κ3) is 2.93. The van der Waals surface area contributed by atoms with Crippen molar-refractivity contribution >= 4 is 11.9 Å². The Kier molecular flexibility index (Phi) is 3.11. The Balaban J connectivity index is 2.25. The molecule has 13 heavy (non-hydrogen) atoms. The third-order valence-electron chi connectivity index (χ3n) is 2.24. The van der Waals surface area contributed by atoms with E-state index in [1.54, 1.807) is 4.90 Å². The highest BCUT2D eigenvalue weighted by molar-refractivity contribution is 5.73. The predicted molar refractivity (Wildman–Crippen MR) is 47.9 cm³/mol. The van der Waals surface area contributed by atoms with Crippen LogP contribution in [0.25, 0.3) is 0 Å². The molecule has 0 aliphatic carbocycles. The number of likely N-dealkylation sites (tertiary alicyclic amines) is 1. The Labute approximate surface area is 77.3 Å². The zero-order chi connectivity index (χ0) is 9.84. The fourth-order valence-corrected chi connectivity index (χ4v) is 1.49. The first-order valence-electron chi connectivity index (χ1n) is 4.38. The van der Waals surface area contributed by atoms with Crippen LogP contribution in [0.3, 0.4) is 0 Å². The topological polar surface area (TPSA) is 75.4 Å². The van der Waals surface area contributed by atoms with Gasteiger partial charge in [-0.25, -0.2) is 4.79 Å². The quantitative estimate of drug-likeness (QED) is 0.610. The molecule has 0 aromatic carbocycles. The highest BCUT2D eigenvalue weighted by atomic mass is 16.2. The van der Waals surface area contributed by atoms with Gasteiger partial charge in [0.05, 0.1) is 0 Å². The van der Waals surface area contributed by atoms with E-state index < -0.39 is 0 Å². The van der Waals surface area contributed by atoms with E-state index in [0.29, 0.717) is 25.6 Å². The molecule has 0 radical (unpaired) electrons. The summed E-state index contributed by atoms with van der Waals surface area (Å²) in [6.07, 6.45) is 0.920. The van der Waals surface area contributed by atoms with Crippen LogP contribution in [0.2, 0.25) is 0 Å². The summed E-state index contributed by atoms with van der Waals surface area (Å²) >= 11 is 0. The molecular weight excluding hydrogens is 170 g/mol. The second-order valence-electron chi connectivity index (χ2n) is 3.38. The number of amides is 3. The zero-order valence-electron chi connectivity index (χ0n) is 7.75. The molecule has 0 bridgehead atoms. The molecule has 0 spiro atoms. The molecular formula is C8H15N3O2. The molecule has 74 valence electrons. The van der Waals surface area contributed by atoms with Gasteiger partial charge in [-0.2, -0.15) is 0 Å². The average molecular weight is 185 g/mol. The first kappa shape index (κ1) is 9.83. The van der Waals surface area contributed by atoms with Gasteiger partial charge in [-0.3, -0.25) is 4.79 Å². The standard InChI is InChI=1S/C8H15N3O2/c1-6(12)10-4-7-2-3-11(5-7)8(9)13/h7H,2-5H2,1H3,(H2,9,13)(H,10,12). The molecule has 5 heteroatoms. The lowest BCUT2D eigenvalue weighted by molar-refractivity contribution is -0.119.